The molecule has 0 spiro atoms. The summed E-state index contributed by atoms with van der Waals surface area (Å²) in [6.45, 7) is 3.85. The van der Waals surface area contributed by atoms with Gasteiger partial charge in [0, 0.05) is 16.7 Å². The lowest BCUT2D eigenvalue weighted by atomic mass is 9.95. The van der Waals surface area contributed by atoms with Crippen molar-refractivity contribution in [1.29, 1.82) is 0 Å². The van der Waals surface area contributed by atoms with Crippen LogP contribution in [0.3, 0.4) is 0 Å². The predicted octanol–water partition coefficient (Wildman–Crippen LogP) is 2.13. The Balaban J connectivity index is 3.94. The maximum atomic E-state index is 11.1. The van der Waals surface area contributed by atoms with Crippen LogP contribution >= 0.6 is 0 Å². The molecule has 0 saturated carbocycles. The van der Waals surface area contributed by atoms with E-state index in [0.717, 1.165) is 0 Å². The van der Waals surface area contributed by atoms with E-state index in [4.69, 9.17) is 5.11 Å². The fourth-order valence-corrected chi connectivity index (χ4v) is 1.88. The predicted molar refractivity (Wildman–Crippen MR) is 60.9 cm³/mol. The minimum atomic E-state index is -1.55. The van der Waals surface area contributed by atoms with E-state index in [1.54, 1.807) is 0 Å². The number of carboxylic acids is 1. The summed E-state index contributed by atoms with van der Waals surface area (Å²) in [7, 11) is 0. The molecule has 0 saturated heterocycles. The number of nitrogens with zero attached hydrogens (tertiary/aromatic N) is 2. The maximum Gasteiger partial charge on any atom is 0.343 e. The molecule has 0 aliphatic carbocycles. The number of carbonyl (C=O) groups is 1. The van der Waals surface area contributed by atoms with Gasteiger partial charge >= 0.3 is 5.97 Å². The minimum absolute atomic E-state index is 0.00491. The van der Waals surface area contributed by atoms with Gasteiger partial charge in [0.25, 0.3) is 11.4 Å². The fourth-order valence-electron chi connectivity index (χ4n) is 1.88. The Morgan fingerprint density at radius 1 is 0.944 bits per heavy atom. The van der Waals surface area contributed by atoms with Gasteiger partial charge in [0.2, 0.25) is 0 Å². The average molecular weight is 254 g/mol. The quantitative estimate of drug-likeness (QED) is 0.650. The molecule has 8 nitrogen and oxygen atoms in total. The maximum absolute atomic E-state index is 11.1. The molecular weight excluding hydrogens is 244 g/mol. The Morgan fingerprint density at radius 3 is 1.67 bits per heavy atom. The van der Waals surface area contributed by atoms with E-state index in [0.29, 0.717) is 0 Å². The third kappa shape index (κ3) is 1.88. The highest BCUT2D eigenvalue weighted by Gasteiger charge is 2.33. The molecule has 0 aliphatic rings. The van der Waals surface area contributed by atoms with E-state index in [1.807, 2.05) is 0 Å². The van der Waals surface area contributed by atoms with Crippen LogP contribution in [-0.4, -0.2) is 20.9 Å². The lowest BCUT2D eigenvalue weighted by Gasteiger charge is -2.09. The molecule has 0 radical (unpaired) electrons. The molecule has 0 bridgehead atoms. The van der Waals surface area contributed by atoms with Crippen molar-refractivity contribution in [2.75, 3.05) is 0 Å². The van der Waals surface area contributed by atoms with Gasteiger partial charge in [0.1, 0.15) is 5.56 Å². The Bertz CT molecular complexity index is 578. The molecule has 1 aromatic carbocycles. The molecule has 0 atom stereocenters. The van der Waals surface area contributed by atoms with Crippen LogP contribution in [0, 0.1) is 41.0 Å². The highest BCUT2D eigenvalue weighted by molar-refractivity contribution is 5.96. The largest absolute Gasteiger partial charge is 0.477 e. The fraction of sp³-hybridized carbons (Fsp3) is 0.300. The summed E-state index contributed by atoms with van der Waals surface area (Å²) >= 11 is 0. The van der Waals surface area contributed by atoms with Crippen LogP contribution in [0.2, 0.25) is 0 Å². The van der Waals surface area contributed by atoms with Gasteiger partial charge in [-0.15, -0.1) is 0 Å². The third-order valence-electron chi connectivity index (χ3n) is 2.82. The summed E-state index contributed by atoms with van der Waals surface area (Å²) in [5.41, 5.74) is -1.72. The summed E-state index contributed by atoms with van der Waals surface area (Å²) in [6.07, 6.45) is 0. The van der Waals surface area contributed by atoms with Gasteiger partial charge in [0.05, 0.1) is 9.85 Å². The number of carboxylic acid groups (broad SMARTS) is 1. The van der Waals surface area contributed by atoms with Crippen LogP contribution in [0.15, 0.2) is 0 Å². The molecule has 1 N–H and O–H groups in total. The molecule has 18 heavy (non-hydrogen) atoms. The third-order valence-corrected chi connectivity index (χ3v) is 2.82. The molecule has 0 heterocycles. The number of nitro benzene ring substituents is 2. The van der Waals surface area contributed by atoms with Gasteiger partial charge in [-0.3, -0.25) is 20.2 Å². The van der Waals surface area contributed by atoms with Crippen LogP contribution in [0.1, 0.15) is 27.0 Å². The van der Waals surface area contributed by atoms with E-state index < -0.39 is 32.8 Å². The molecule has 0 aliphatic heterocycles. The van der Waals surface area contributed by atoms with Gasteiger partial charge in [-0.1, -0.05) is 0 Å². The van der Waals surface area contributed by atoms with E-state index in [1.165, 1.54) is 20.8 Å². The second-order valence-electron chi connectivity index (χ2n) is 3.77. The highest BCUT2D eigenvalue weighted by atomic mass is 16.6. The zero-order chi connectivity index (χ0) is 14.2. The molecular formula is C10H10N2O6. The summed E-state index contributed by atoms with van der Waals surface area (Å²) < 4.78 is 0. The first-order valence-corrected chi connectivity index (χ1v) is 4.86. The van der Waals surface area contributed by atoms with Gasteiger partial charge in [-0.2, -0.15) is 0 Å². The molecule has 0 fully saturated rings. The van der Waals surface area contributed by atoms with Crippen LogP contribution in [-0.2, 0) is 0 Å². The number of nitro groups is 2. The smallest absolute Gasteiger partial charge is 0.343 e. The monoisotopic (exact) mass is 254 g/mol. The molecule has 1 rings (SSSR count). The lowest BCUT2D eigenvalue weighted by Crippen LogP contribution is -2.11. The van der Waals surface area contributed by atoms with Crippen molar-refractivity contribution in [2.24, 2.45) is 0 Å². The first-order chi connectivity index (χ1) is 8.20. The first-order valence-electron chi connectivity index (χ1n) is 4.86. The topological polar surface area (TPSA) is 124 Å². The van der Waals surface area contributed by atoms with Crippen molar-refractivity contribution in [2.45, 2.75) is 20.8 Å². The molecule has 0 unspecified atom stereocenters. The molecule has 96 valence electrons. The average Bonchev–Trinajstić information content (AvgIpc) is 2.21. The van der Waals surface area contributed by atoms with Crippen LogP contribution in [0.25, 0.3) is 0 Å². The van der Waals surface area contributed by atoms with Crippen molar-refractivity contribution < 1.29 is 19.7 Å². The van der Waals surface area contributed by atoms with Crippen molar-refractivity contribution in [3.8, 4) is 0 Å². The Morgan fingerprint density at radius 2 is 1.33 bits per heavy atom. The zero-order valence-electron chi connectivity index (χ0n) is 9.88. The minimum Gasteiger partial charge on any atom is -0.477 e. The zero-order valence-corrected chi connectivity index (χ0v) is 9.88. The molecule has 0 aromatic heterocycles. The molecule has 8 heteroatoms. The van der Waals surface area contributed by atoms with Gasteiger partial charge < -0.3 is 5.11 Å². The highest BCUT2D eigenvalue weighted by Crippen LogP contribution is 2.36. The van der Waals surface area contributed by atoms with Crippen LogP contribution in [0.5, 0.6) is 0 Å². The van der Waals surface area contributed by atoms with Gasteiger partial charge in [-0.25, -0.2) is 4.79 Å². The standard InChI is InChI=1S/C10H10N2O6/c1-4-5(2)9(12(17)18)7(10(13)14)6(3)8(4)11(15)16/h1-3H3,(H,13,14). The molecule has 1 aromatic rings. The Kier molecular flexibility index (Phi) is 3.31. The Labute approximate surface area is 101 Å². The van der Waals surface area contributed by atoms with E-state index in [9.17, 15) is 25.0 Å². The van der Waals surface area contributed by atoms with E-state index >= 15 is 0 Å². The van der Waals surface area contributed by atoms with E-state index in [-0.39, 0.29) is 16.7 Å². The second kappa shape index (κ2) is 4.40. The number of hydrogen-bond donors (Lipinski definition) is 1. The SMILES string of the molecule is Cc1c(C)c([N+](=O)[O-])c(C(=O)O)c(C)c1[N+](=O)[O-]. The molecule has 0 amide bonds. The normalized spacial score (nSPS) is 10.2. The summed E-state index contributed by atoms with van der Waals surface area (Å²) in [5, 5.41) is 30.8. The summed E-state index contributed by atoms with van der Waals surface area (Å²) in [6, 6.07) is 0. The van der Waals surface area contributed by atoms with Crippen molar-refractivity contribution in [3.05, 3.63) is 42.5 Å². The first kappa shape index (κ1) is 13.6. The van der Waals surface area contributed by atoms with Crippen molar-refractivity contribution >= 4 is 17.3 Å². The van der Waals surface area contributed by atoms with Crippen LogP contribution < -0.4 is 0 Å². The number of rotatable bonds is 3. The van der Waals surface area contributed by atoms with Gasteiger partial charge in [0.15, 0.2) is 0 Å². The number of aromatic carboxylic acids is 1. The van der Waals surface area contributed by atoms with Crippen LogP contribution in [0.4, 0.5) is 11.4 Å². The summed E-state index contributed by atoms with van der Waals surface area (Å²) in [5.74, 6) is -1.55. The number of hydrogen-bond acceptors (Lipinski definition) is 5. The van der Waals surface area contributed by atoms with E-state index in [2.05, 4.69) is 0 Å². The number of benzene rings is 1. The van der Waals surface area contributed by atoms with Gasteiger partial charge in [-0.05, 0) is 20.8 Å². The summed E-state index contributed by atoms with van der Waals surface area (Å²) in [4.78, 5) is 31.3. The van der Waals surface area contributed by atoms with Crippen molar-refractivity contribution in [1.82, 2.24) is 0 Å². The van der Waals surface area contributed by atoms with Crippen molar-refractivity contribution in [3.63, 3.8) is 0 Å². The lowest BCUT2D eigenvalue weighted by molar-refractivity contribution is -0.390. The Hall–Kier alpha value is -2.51. The second-order valence-corrected chi connectivity index (χ2v) is 3.77.